The highest BCUT2D eigenvalue weighted by Gasteiger charge is 2.21. The minimum Gasteiger partial charge on any atom is -0.493 e. The lowest BCUT2D eigenvalue weighted by atomic mass is 9.99. The summed E-state index contributed by atoms with van der Waals surface area (Å²) in [5.41, 5.74) is 2.45. The largest absolute Gasteiger partial charge is 0.493 e. The molecule has 0 aliphatic carbocycles. The third-order valence-corrected chi connectivity index (χ3v) is 4.16. The van der Waals surface area contributed by atoms with Crippen LogP contribution in [0.15, 0.2) is 18.3 Å². The molecule has 0 amide bonds. The maximum absolute atomic E-state index is 5.41. The molecule has 8 heteroatoms. The monoisotopic (exact) mass is 345 g/mol. The molecule has 134 valence electrons. The van der Waals surface area contributed by atoms with Gasteiger partial charge in [-0.3, -0.25) is 0 Å². The predicted molar refractivity (Wildman–Crippen MR) is 94.5 cm³/mol. The van der Waals surface area contributed by atoms with Crippen LogP contribution in [0.25, 0.3) is 0 Å². The number of nitrogens with zero attached hydrogens (tertiary/aromatic N) is 4. The minimum atomic E-state index is 0.609. The van der Waals surface area contributed by atoms with Gasteiger partial charge in [0.1, 0.15) is 0 Å². The number of hydrogen-bond acceptors (Lipinski definition) is 8. The van der Waals surface area contributed by atoms with Gasteiger partial charge in [-0.1, -0.05) is 0 Å². The van der Waals surface area contributed by atoms with Crippen molar-refractivity contribution in [3.05, 3.63) is 29.5 Å². The molecule has 2 heterocycles. The fraction of sp³-hybridized carbons (Fsp3) is 0.471. The topological polar surface area (TPSA) is 81.6 Å². The normalized spacial score (nSPS) is 13.3. The van der Waals surface area contributed by atoms with E-state index in [2.05, 4.69) is 25.4 Å². The Morgan fingerprint density at radius 3 is 2.60 bits per heavy atom. The zero-order chi connectivity index (χ0) is 17.6. The average molecular weight is 345 g/mol. The molecule has 1 aromatic heterocycles. The Bertz CT molecular complexity index is 725. The first-order valence-corrected chi connectivity index (χ1v) is 8.16. The lowest BCUT2D eigenvalue weighted by molar-refractivity contribution is 0.210. The van der Waals surface area contributed by atoms with Crippen LogP contribution >= 0.6 is 0 Å². The molecule has 0 fully saturated rings. The molecule has 8 nitrogen and oxygen atoms in total. The number of hydrogen-bond donors (Lipinski definition) is 1. The van der Waals surface area contributed by atoms with Crippen LogP contribution in [0.5, 0.6) is 11.5 Å². The molecule has 2 aromatic rings. The van der Waals surface area contributed by atoms with Crippen molar-refractivity contribution in [2.24, 2.45) is 0 Å². The van der Waals surface area contributed by atoms with Gasteiger partial charge >= 0.3 is 0 Å². The van der Waals surface area contributed by atoms with E-state index in [4.69, 9.17) is 14.2 Å². The SMILES string of the molecule is COCCNc1cnnc(N2CCc3cc(OC)c(OC)cc3C2)n1. The first-order valence-electron chi connectivity index (χ1n) is 8.16. The van der Waals surface area contributed by atoms with Gasteiger partial charge in [-0.05, 0) is 29.7 Å². The summed E-state index contributed by atoms with van der Waals surface area (Å²) in [6, 6.07) is 4.07. The van der Waals surface area contributed by atoms with Gasteiger partial charge in [-0.25, -0.2) is 0 Å². The highest BCUT2D eigenvalue weighted by molar-refractivity contribution is 5.51. The molecule has 0 atom stereocenters. The summed E-state index contributed by atoms with van der Waals surface area (Å²) >= 11 is 0. The van der Waals surface area contributed by atoms with E-state index in [1.165, 1.54) is 11.1 Å². The van der Waals surface area contributed by atoms with Crippen molar-refractivity contribution < 1.29 is 14.2 Å². The lowest BCUT2D eigenvalue weighted by Crippen LogP contribution is -2.32. The van der Waals surface area contributed by atoms with Gasteiger partial charge in [0.2, 0.25) is 5.95 Å². The average Bonchev–Trinajstić information content (AvgIpc) is 2.67. The van der Waals surface area contributed by atoms with Gasteiger partial charge in [0.15, 0.2) is 17.3 Å². The molecule has 1 aliphatic rings. The molecule has 0 saturated carbocycles. The highest BCUT2D eigenvalue weighted by Crippen LogP contribution is 2.33. The molecule has 0 unspecified atom stereocenters. The fourth-order valence-electron chi connectivity index (χ4n) is 2.85. The standard InChI is InChI=1S/C17H23N5O3/c1-23-7-5-18-16-10-19-21-17(20-16)22-6-4-12-8-14(24-2)15(25-3)9-13(12)11-22/h8-10H,4-7,11H2,1-3H3,(H,18,20,21). The van der Waals surface area contributed by atoms with Gasteiger partial charge in [0.05, 0.1) is 27.0 Å². The zero-order valence-corrected chi connectivity index (χ0v) is 14.8. The van der Waals surface area contributed by atoms with Crippen molar-refractivity contribution in [3.63, 3.8) is 0 Å². The van der Waals surface area contributed by atoms with E-state index in [0.717, 1.165) is 24.5 Å². The van der Waals surface area contributed by atoms with Crippen molar-refractivity contribution in [2.45, 2.75) is 13.0 Å². The second-order valence-electron chi connectivity index (χ2n) is 5.71. The maximum atomic E-state index is 5.41. The number of benzene rings is 1. The number of aromatic nitrogens is 3. The number of rotatable bonds is 7. The van der Waals surface area contributed by atoms with Crippen LogP contribution in [0.4, 0.5) is 11.8 Å². The van der Waals surface area contributed by atoms with E-state index in [0.29, 0.717) is 31.5 Å². The van der Waals surface area contributed by atoms with Crippen molar-refractivity contribution in [3.8, 4) is 11.5 Å². The number of fused-ring (bicyclic) bond motifs is 1. The summed E-state index contributed by atoms with van der Waals surface area (Å²) in [4.78, 5) is 6.66. The third kappa shape index (κ3) is 3.90. The Kier molecular flexibility index (Phi) is 5.49. The highest BCUT2D eigenvalue weighted by atomic mass is 16.5. The lowest BCUT2D eigenvalue weighted by Gasteiger charge is -2.29. The molecule has 0 saturated heterocycles. The second-order valence-corrected chi connectivity index (χ2v) is 5.71. The van der Waals surface area contributed by atoms with Crippen LogP contribution in [-0.4, -0.2) is 56.2 Å². The quantitative estimate of drug-likeness (QED) is 0.756. The van der Waals surface area contributed by atoms with E-state index >= 15 is 0 Å². The molecule has 0 radical (unpaired) electrons. The molecule has 0 spiro atoms. The van der Waals surface area contributed by atoms with Crippen LogP contribution < -0.4 is 19.7 Å². The van der Waals surface area contributed by atoms with E-state index in [9.17, 15) is 0 Å². The molecule has 0 bridgehead atoms. The van der Waals surface area contributed by atoms with Gasteiger partial charge in [-0.15, -0.1) is 5.10 Å². The molecule has 1 aromatic carbocycles. The number of methoxy groups -OCH3 is 3. The van der Waals surface area contributed by atoms with Crippen molar-refractivity contribution in [2.75, 3.05) is 51.2 Å². The summed E-state index contributed by atoms with van der Waals surface area (Å²) < 4.78 is 15.8. The van der Waals surface area contributed by atoms with Gasteiger partial charge in [0, 0.05) is 26.7 Å². The Morgan fingerprint density at radius 2 is 1.88 bits per heavy atom. The molecule has 3 rings (SSSR count). The minimum absolute atomic E-state index is 0.609. The molecule has 1 N–H and O–H groups in total. The van der Waals surface area contributed by atoms with Crippen LogP contribution in [0.2, 0.25) is 0 Å². The zero-order valence-electron chi connectivity index (χ0n) is 14.8. The first-order chi connectivity index (χ1) is 12.2. The molecule has 25 heavy (non-hydrogen) atoms. The summed E-state index contributed by atoms with van der Waals surface area (Å²) in [6.07, 6.45) is 2.51. The summed E-state index contributed by atoms with van der Waals surface area (Å²) in [6.45, 7) is 2.82. The second kappa shape index (κ2) is 7.98. The number of ether oxygens (including phenoxy) is 3. The van der Waals surface area contributed by atoms with Gasteiger partial charge < -0.3 is 24.4 Å². The van der Waals surface area contributed by atoms with Gasteiger partial charge in [0.25, 0.3) is 0 Å². The smallest absolute Gasteiger partial charge is 0.247 e. The Labute approximate surface area is 147 Å². The van der Waals surface area contributed by atoms with Crippen LogP contribution in [0.3, 0.4) is 0 Å². The summed E-state index contributed by atoms with van der Waals surface area (Å²) in [5, 5.41) is 11.4. The van der Waals surface area contributed by atoms with Crippen LogP contribution in [0.1, 0.15) is 11.1 Å². The Balaban J connectivity index is 1.77. The molecular weight excluding hydrogens is 322 g/mol. The van der Waals surface area contributed by atoms with Gasteiger partial charge in [-0.2, -0.15) is 10.1 Å². The van der Waals surface area contributed by atoms with Crippen molar-refractivity contribution >= 4 is 11.8 Å². The maximum Gasteiger partial charge on any atom is 0.247 e. The molecule has 1 aliphatic heterocycles. The van der Waals surface area contributed by atoms with Crippen molar-refractivity contribution in [1.29, 1.82) is 0 Å². The van der Waals surface area contributed by atoms with E-state index in [1.54, 1.807) is 27.5 Å². The van der Waals surface area contributed by atoms with E-state index in [-0.39, 0.29) is 0 Å². The predicted octanol–water partition coefficient (Wildman–Crippen LogP) is 1.51. The van der Waals surface area contributed by atoms with E-state index < -0.39 is 0 Å². The summed E-state index contributed by atoms with van der Waals surface area (Å²) in [5.74, 6) is 2.80. The van der Waals surface area contributed by atoms with Crippen molar-refractivity contribution in [1.82, 2.24) is 15.2 Å². The number of anilines is 2. The summed E-state index contributed by atoms with van der Waals surface area (Å²) in [7, 11) is 4.97. The fourth-order valence-corrected chi connectivity index (χ4v) is 2.85. The Hall–Kier alpha value is -2.61. The number of nitrogens with one attached hydrogen (secondary N) is 1. The van der Waals surface area contributed by atoms with Crippen LogP contribution in [-0.2, 0) is 17.7 Å². The Morgan fingerprint density at radius 1 is 1.12 bits per heavy atom. The van der Waals surface area contributed by atoms with Crippen LogP contribution in [0, 0.1) is 0 Å². The first kappa shape index (κ1) is 17.2. The van der Waals surface area contributed by atoms with E-state index in [1.807, 2.05) is 12.1 Å². The third-order valence-electron chi connectivity index (χ3n) is 4.16. The molecular formula is C17H23N5O3.